The number of benzene rings is 2. The monoisotopic (exact) mass is 404 g/mol. The number of aromatic nitrogens is 1. The summed E-state index contributed by atoms with van der Waals surface area (Å²) < 4.78 is 5.07. The van der Waals surface area contributed by atoms with Gasteiger partial charge in [0, 0.05) is 31.8 Å². The Labute approximate surface area is 175 Å². The van der Waals surface area contributed by atoms with Gasteiger partial charge in [-0.15, -0.1) is 0 Å². The highest BCUT2D eigenvalue weighted by Crippen LogP contribution is 2.32. The van der Waals surface area contributed by atoms with Crippen LogP contribution in [0.2, 0.25) is 0 Å². The van der Waals surface area contributed by atoms with E-state index in [1.54, 1.807) is 13.0 Å². The molecule has 1 aliphatic heterocycles. The maximum atomic E-state index is 13.3. The van der Waals surface area contributed by atoms with E-state index in [4.69, 9.17) is 4.52 Å². The van der Waals surface area contributed by atoms with Gasteiger partial charge in [0.15, 0.2) is 5.82 Å². The van der Waals surface area contributed by atoms with Crippen molar-refractivity contribution in [1.29, 1.82) is 0 Å². The highest BCUT2D eigenvalue weighted by Gasteiger charge is 2.31. The van der Waals surface area contributed by atoms with Crippen molar-refractivity contribution >= 4 is 23.3 Å². The van der Waals surface area contributed by atoms with Gasteiger partial charge in [-0.1, -0.05) is 47.6 Å². The van der Waals surface area contributed by atoms with Gasteiger partial charge in [0.25, 0.3) is 0 Å². The molecule has 0 saturated heterocycles. The van der Waals surface area contributed by atoms with Crippen molar-refractivity contribution in [2.75, 3.05) is 17.2 Å². The van der Waals surface area contributed by atoms with Gasteiger partial charge in [0.2, 0.25) is 11.8 Å². The maximum absolute atomic E-state index is 13.3. The predicted octanol–water partition coefficient (Wildman–Crippen LogP) is 3.68. The lowest BCUT2D eigenvalue weighted by molar-refractivity contribution is -0.122. The Kier molecular flexibility index (Phi) is 5.63. The molecule has 1 aliphatic rings. The van der Waals surface area contributed by atoms with Crippen molar-refractivity contribution in [2.45, 2.75) is 32.9 Å². The van der Waals surface area contributed by atoms with Gasteiger partial charge < -0.3 is 15.2 Å². The molecule has 30 heavy (non-hydrogen) atoms. The van der Waals surface area contributed by atoms with E-state index in [9.17, 15) is 9.59 Å². The van der Waals surface area contributed by atoms with E-state index in [-0.39, 0.29) is 11.8 Å². The SMILES string of the molecule is CC(=O)Nc1cccc2c1CCN(C(C(=O)Nc1cc(C)on1)c1ccccc1)C2. The van der Waals surface area contributed by atoms with Gasteiger partial charge >= 0.3 is 0 Å². The fourth-order valence-electron chi connectivity index (χ4n) is 3.94. The van der Waals surface area contributed by atoms with E-state index >= 15 is 0 Å². The van der Waals surface area contributed by atoms with Crippen LogP contribution in [0.15, 0.2) is 59.1 Å². The van der Waals surface area contributed by atoms with Gasteiger partial charge in [-0.05, 0) is 36.1 Å². The molecule has 0 saturated carbocycles. The van der Waals surface area contributed by atoms with Crippen molar-refractivity contribution in [3.63, 3.8) is 0 Å². The smallest absolute Gasteiger partial charge is 0.247 e. The van der Waals surface area contributed by atoms with Crippen LogP contribution in [0, 0.1) is 6.92 Å². The first-order valence-corrected chi connectivity index (χ1v) is 9.93. The molecule has 2 amide bonds. The molecule has 2 heterocycles. The van der Waals surface area contributed by atoms with Crippen LogP contribution in [0.1, 0.15) is 35.4 Å². The number of nitrogens with zero attached hydrogens (tertiary/aromatic N) is 2. The lowest BCUT2D eigenvalue weighted by Crippen LogP contribution is -2.40. The van der Waals surface area contributed by atoms with Crippen molar-refractivity contribution < 1.29 is 14.1 Å². The van der Waals surface area contributed by atoms with E-state index in [1.807, 2.05) is 48.5 Å². The second kappa shape index (κ2) is 8.51. The normalized spacial score (nSPS) is 14.6. The van der Waals surface area contributed by atoms with E-state index in [2.05, 4.69) is 20.7 Å². The number of hydrogen-bond acceptors (Lipinski definition) is 5. The third-order valence-corrected chi connectivity index (χ3v) is 5.21. The molecule has 4 rings (SSSR count). The van der Waals surface area contributed by atoms with Gasteiger partial charge in [-0.3, -0.25) is 14.5 Å². The summed E-state index contributed by atoms with van der Waals surface area (Å²) in [4.78, 5) is 26.9. The molecular formula is C23H24N4O3. The second-order valence-corrected chi connectivity index (χ2v) is 7.47. The lowest BCUT2D eigenvalue weighted by atomic mass is 9.94. The molecule has 0 spiro atoms. The number of hydrogen-bond donors (Lipinski definition) is 2. The number of amides is 2. The first-order chi connectivity index (χ1) is 14.5. The zero-order valence-electron chi connectivity index (χ0n) is 17.0. The van der Waals surface area contributed by atoms with Crippen LogP contribution in [-0.2, 0) is 22.6 Å². The summed E-state index contributed by atoms with van der Waals surface area (Å²) >= 11 is 0. The molecule has 1 unspecified atom stereocenters. The van der Waals surface area contributed by atoms with Crippen LogP contribution in [0.4, 0.5) is 11.5 Å². The fraction of sp³-hybridized carbons (Fsp3) is 0.261. The Bertz CT molecular complexity index is 1060. The van der Waals surface area contributed by atoms with Gasteiger partial charge in [-0.25, -0.2) is 0 Å². The second-order valence-electron chi connectivity index (χ2n) is 7.47. The molecule has 1 aromatic heterocycles. The zero-order valence-corrected chi connectivity index (χ0v) is 17.0. The molecular weight excluding hydrogens is 380 g/mol. The molecule has 0 bridgehead atoms. The number of fused-ring (bicyclic) bond motifs is 1. The number of anilines is 2. The minimum absolute atomic E-state index is 0.0877. The number of rotatable bonds is 5. The standard InChI is InChI=1S/C23H24N4O3/c1-15-13-21(26-30-15)25-23(29)22(17-7-4-3-5-8-17)27-12-11-19-18(14-27)9-6-10-20(19)24-16(2)28/h3-10,13,22H,11-12,14H2,1-2H3,(H,24,28)(H,25,26,29). The molecule has 154 valence electrons. The van der Waals surface area contributed by atoms with Crippen molar-refractivity contribution in [3.8, 4) is 0 Å². The number of aryl methyl sites for hydroxylation is 1. The summed E-state index contributed by atoms with van der Waals surface area (Å²) in [6.07, 6.45) is 0.742. The van der Waals surface area contributed by atoms with Gasteiger partial charge in [0.05, 0.1) is 0 Å². The molecule has 2 N–H and O–H groups in total. The average Bonchev–Trinajstić information content (AvgIpc) is 3.13. The molecule has 1 atom stereocenters. The molecule has 2 aromatic carbocycles. The number of carbonyl (C=O) groups excluding carboxylic acids is 2. The average molecular weight is 404 g/mol. The summed E-state index contributed by atoms with van der Waals surface area (Å²) in [5.41, 5.74) is 4.00. The third kappa shape index (κ3) is 4.26. The summed E-state index contributed by atoms with van der Waals surface area (Å²) in [7, 11) is 0. The third-order valence-electron chi connectivity index (χ3n) is 5.21. The fourth-order valence-corrected chi connectivity index (χ4v) is 3.94. The molecule has 7 heteroatoms. The summed E-state index contributed by atoms with van der Waals surface area (Å²) in [6, 6.07) is 16.9. The van der Waals surface area contributed by atoms with E-state index < -0.39 is 6.04 Å². The Hall–Kier alpha value is -3.45. The first-order valence-electron chi connectivity index (χ1n) is 9.93. The molecule has 7 nitrogen and oxygen atoms in total. The van der Waals surface area contributed by atoms with E-state index in [0.29, 0.717) is 24.7 Å². The molecule has 0 radical (unpaired) electrons. The Morgan fingerprint density at radius 1 is 1.10 bits per heavy atom. The maximum Gasteiger partial charge on any atom is 0.247 e. The van der Waals surface area contributed by atoms with Gasteiger partial charge in [0.1, 0.15) is 11.8 Å². The van der Waals surface area contributed by atoms with E-state index in [0.717, 1.165) is 28.8 Å². The summed E-state index contributed by atoms with van der Waals surface area (Å²) in [5, 5.41) is 9.68. The van der Waals surface area contributed by atoms with Crippen LogP contribution in [0.3, 0.4) is 0 Å². The van der Waals surface area contributed by atoms with Gasteiger partial charge in [-0.2, -0.15) is 0 Å². The van der Waals surface area contributed by atoms with Crippen LogP contribution in [0.5, 0.6) is 0 Å². The van der Waals surface area contributed by atoms with Crippen LogP contribution in [-0.4, -0.2) is 28.4 Å². The Morgan fingerprint density at radius 3 is 2.60 bits per heavy atom. The lowest BCUT2D eigenvalue weighted by Gasteiger charge is -2.35. The number of carbonyl (C=O) groups is 2. The van der Waals surface area contributed by atoms with E-state index in [1.165, 1.54) is 6.92 Å². The van der Waals surface area contributed by atoms with Crippen LogP contribution < -0.4 is 10.6 Å². The van der Waals surface area contributed by atoms with Crippen LogP contribution >= 0.6 is 0 Å². The number of nitrogens with one attached hydrogen (secondary N) is 2. The summed E-state index contributed by atoms with van der Waals surface area (Å²) in [5.74, 6) is 0.800. The molecule has 0 fully saturated rings. The highest BCUT2D eigenvalue weighted by atomic mass is 16.5. The minimum Gasteiger partial charge on any atom is -0.360 e. The largest absolute Gasteiger partial charge is 0.360 e. The van der Waals surface area contributed by atoms with Crippen LogP contribution in [0.25, 0.3) is 0 Å². The predicted molar refractivity (Wildman–Crippen MR) is 114 cm³/mol. The first kappa shape index (κ1) is 19.8. The Morgan fingerprint density at radius 2 is 1.90 bits per heavy atom. The quantitative estimate of drug-likeness (QED) is 0.677. The zero-order chi connectivity index (χ0) is 21.1. The minimum atomic E-state index is -0.472. The van der Waals surface area contributed by atoms with Crippen molar-refractivity contribution in [1.82, 2.24) is 10.1 Å². The summed E-state index contributed by atoms with van der Waals surface area (Å²) in [6.45, 7) is 4.59. The Balaban J connectivity index is 1.62. The molecule has 0 aliphatic carbocycles. The topological polar surface area (TPSA) is 87.5 Å². The van der Waals surface area contributed by atoms with Crippen molar-refractivity contribution in [2.24, 2.45) is 0 Å². The molecule has 3 aromatic rings. The van der Waals surface area contributed by atoms with Crippen molar-refractivity contribution in [3.05, 3.63) is 77.0 Å². The highest BCUT2D eigenvalue weighted by molar-refractivity contribution is 5.95.